The minimum atomic E-state index is -0.0818. The molecule has 20 heavy (non-hydrogen) atoms. The first-order valence-corrected chi connectivity index (χ1v) is 7.46. The van der Waals surface area contributed by atoms with E-state index in [1.807, 2.05) is 11.8 Å². The summed E-state index contributed by atoms with van der Waals surface area (Å²) in [5.41, 5.74) is 0.603. The highest BCUT2D eigenvalue weighted by Gasteiger charge is 2.48. The molecule has 110 valence electrons. The highest BCUT2D eigenvalue weighted by molar-refractivity contribution is 5.93. The van der Waals surface area contributed by atoms with Gasteiger partial charge in [0.15, 0.2) is 6.39 Å². The fourth-order valence-electron chi connectivity index (χ4n) is 3.99. The van der Waals surface area contributed by atoms with Crippen LogP contribution in [0.3, 0.4) is 0 Å². The highest BCUT2D eigenvalue weighted by atomic mass is 16.3. The van der Waals surface area contributed by atoms with E-state index in [0.29, 0.717) is 17.5 Å². The van der Waals surface area contributed by atoms with Crippen molar-refractivity contribution >= 4 is 5.91 Å². The average molecular weight is 277 g/mol. The number of aromatic nitrogens is 1. The number of aryl methyl sites for hydroxylation is 1. The van der Waals surface area contributed by atoms with Crippen LogP contribution < -0.4 is 0 Å². The summed E-state index contributed by atoms with van der Waals surface area (Å²) in [5.74, 6) is 0.405. The number of carbonyl (C=O) groups is 1. The van der Waals surface area contributed by atoms with Crippen molar-refractivity contribution in [2.75, 3.05) is 20.1 Å². The standard InChI is InChI=1S/C15H23N3O2/c1-11-13(20-10-16-11)14(19)18-9-4-6-12-15(18,2)7-5-8-17(12)3/h10,12H,4-9H2,1-3H3/t12-,15-/m0/s1. The molecule has 2 aliphatic heterocycles. The van der Waals surface area contributed by atoms with Gasteiger partial charge in [0.1, 0.15) is 0 Å². The van der Waals surface area contributed by atoms with Crippen LogP contribution in [0.1, 0.15) is 48.9 Å². The van der Waals surface area contributed by atoms with Crippen LogP contribution in [0, 0.1) is 6.92 Å². The quantitative estimate of drug-likeness (QED) is 0.788. The molecule has 0 radical (unpaired) electrons. The van der Waals surface area contributed by atoms with Gasteiger partial charge in [-0.25, -0.2) is 4.98 Å². The molecule has 0 aliphatic carbocycles. The molecular weight excluding hydrogens is 254 g/mol. The number of likely N-dealkylation sites (tertiary alicyclic amines) is 2. The molecule has 2 saturated heterocycles. The molecular formula is C15H23N3O2. The summed E-state index contributed by atoms with van der Waals surface area (Å²) >= 11 is 0. The number of oxazole rings is 1. The zero-order valence-electron chi connectivity index (χ0n) is 12.6. The van der Waals surface area contributed by atoms with Gasteiger partial charge in [0.2, 0.25) is 5.76 Å². The largest absolute Gasteiger partial charge is 0.438 e. The Morgan fingerprint density at radius 2 is 2.25 bits per heavy atom. The van der Waals surface area contributed by atoms with Crippen LogP contribution in [0.15, 0.2) is 10.8 Å². The van der Waals surface area contributed by atoms with Crippen LogP contribution in [0.5, 0.6) is 0 Å². The van der Waals surface area contributed by atoms with E-state index in [1.165, 1.54) is 12.8 Å². The summed E-state index contributed by atoms with van der Waals surface area (Å²) in [7, 11) is 2.18. The first kappa shape index (κ1) is 13.6. The second-order valence-electron chi connectivity index (χ2n) is 6.32. The van der Waals surface area contributed by atoms with Crippen LogP contribution in [-0.2, 0) is 0 Å². The summed E-state index contributed by atoms with van der Waals surface area (Å²) in [6.45, 7) is 6.01. The Morgan fingerprint density at radius 1 is 1.45 bits per heavy atom. The van der Waals surface area contributed by atoms with Crippen molar-refractivity contribution in [3.8, 4) is 0 Å². The van der Waals surface area contributed by atoms with Crippen LogP contribution >= 0.6 is 0 Å². The van der Waals surface area contributed by atoms with Gasteiger partial charge in [-0.3, -0.25) is 4.79 Å². The number of nitrogens with zero attached hydrogens (tertiary/aromatic N) is 3. The molecule has 3 rings (SSSR count). The lowest BCUT2D eigenvalue weighted by molar-refractivity contribution is -0.0359. The molecule has 0 spiro atoms. The van der Waals surface area contributed by atoms with Crippen LogP contribution in [-0.4, -0.2) is 52.4 Å². The molecule has 5 nitrogen and oxygen atoms in total. The van der Waals surface area contributed by atoms with Gasteiger partial charge in [0.25, 0.3) is 5.91 Å². The van der Waals surface area contributed by atoms with Crippen molar-refractivity contribution in [1.29, 1.82) is 0 Å². The van der Waals surface area contributed by atoms with Crippen molar-refractivity contribution in [2.45, 2.75) is 51.1 Å². The smallest absolute Gasteiger partial charge is 0.292 e. The number of hydrogen-bond donors (Lipinski definition) is 0. The Kier molecular flexibility index (Phi) is 3.32. The van der Waals surface area contributed by atoms with Gasteiger partial charge >= 0.3 is 0 Å². The molecule has 2 aliphatic rings. The minimum absolute atomic E-state index is 0.00231. The molecule has 0 bridgehead atoms. The van der Waals surface area contributed by atoms with Gasteiger partial charge in [-0.15, -0.1) is 0 Å². The van der Waals surface area contributed by atoms with Crippen molar-refractivity contribution in [3.63, 3.8) is 0 Å². The Morgan fingerprint density at radius 3 is 2.95 bits per heavy atom. The van der Waals surface area contributed by atoms with E-state index in [4.69, 9.17) is 4.42 Å². The summed E-state index contributed by atoms with van der Waals surface area (Å²) in [4.78, 5) is 21.3. The number of rotatable bonds is 1. The molecule has 0 saturated carbocycles. The van der Waals surface area contributed by atoms with E-state index >= 15 is 0 Å². The average Bonchev–Trinajstić information content (AvgIpc) is 2.83. The number of piperidine rings is 2. The van der Waals surface area contributed by atoms with Gasteiger partial charge in [0.05, 0.1) is 11.2 Å². The van der Waals surface area contributed by atoms with Gasteiger partial charge < -0.3 is 14.2 Å². The molecule has 0 unspecified atom stereocenters. The van der Waals surface area contributed by atoms with Crippen molar-refractivity contribution in [3.05, 3.63) is 17.8 Å². The van der Waals surface area contributed by atoms with Crippen LogP contribution in [0.25, 0.3) is 0 Å². The molecule has 2 atom stereocenters. The molecule has 1 amide bonds. The number of fused-ring (bicyclic) bond motifs is 1. The zero-order valence-corrected chi connectivity index (χ0v) is 12.6. The first-order valence-electron chi connectivity index (χ1n) is 7.46. The number of amides is 1. The van der Waals surface area contributed by atoms with Gasteiger partial charge in [-0.2, -0.15) is 0 Å². The third kappa shape index (κ3) is 1.95. The Bertz CT molecular complexity index is 513. The molecule has 0 aromatic carbocycles. The SMILES string of the molecule is Cc1ncoc1C(=O)N1CCC[C@@H]2N(C)CCC[C@@]21C. The second kappa shape index (κ2) is 4.88. The lowest BCUT2D eigenvalue weighted by atomic mass is 9.76. The molecule has 0 N–H and O–H groups in total. The third-order valence-corrected chi connectivity index (χ3v) is 5.10. The third-order valence-electron chi connectivity index (χ3n) is 5.10. The summed E-state index contributed by atoms with van der Waals surface area (Å²) in [5, 5.41) is 0. The highest BCUT2D eigenvalue weighted by Crippen LogP contribution is 2.39. The molecule has 2 fully saturated rings. The number of carbonyl (C=O) groups excluding carboxylic acids is 1. The lowest BCUT2D eigenvalue weighted by Crippen LogP contribution is -2.66. The van der Waals surface area contributed by atoms with E-state index in [-0.39, 0.29) is 11.4 Å². The van der Waals surface area contributed by atoms with E-state index < -0.39 is 0 Å². The fraction of sp³-hybridized carbons (Fsp3) is 0.733. The Balaban J connectivity index is 1.92. The molecule has 5 heteroatoms. The van der Waals surface area contributed by atoms with E-state index in [1.54, 1.807) is 0 Å². The maximum atomic E-state index is 12.8. The van der Waals surface area contributed by atoms with Gasteiger partial charge in [0, 0.05) is 12.6 Å². The summed E-state index contributed by atoms with van der Waals surface area (Å²) in [6.07, 6.45) is 5.80. The predicted molar refractivity (Wildman–Crippen MR) is 75.6 cm³/mol. The fourth-order valence-corrected chi connectivity index (χ4v) is 3.99. The van der Waals surface area contributed by atoms with Crippen molar-refractivity contribution in [1.82, 2.24) is 14.8 Å². The van der Waals surface area contributed by atoms with Crippen LogP contribution in [0.2, 0.25) is 0 Å². The monoisotopic (exact) mass is 277 g/mol. The topological polar surface area (TPSA) is 49.6 Å². The minimum Gasteiger partial charge on any atom is -0.438 e. The van der Waals surface area contributed by atoms with E-state index in [0.717, 1.165) is 32.4 Å². The van der Waals surface area contributed by atoms with Crippen molar-refractivity contribution in [2.24, 2.45) is 0 Å². The predicted octanol–water partition coefficient (Wildman–Crippen LogP) is 2.07. The molecule has 1 aromatic heterocycles. The zero-order chi connectivity index (χ0) is 14.3. The summed E-state index contributed by atoms with van der Waals surface area (Å²) < 4.78 is 5.31. The van der Waals surface area contributed by atoms with E-state index in [2.05, 4.69) is 23.9 Å². The lowest BCUT2D eigenvalue weighted by Gasteiger charge is -2.55. The first-order chi connectivity index (χ1) is 9.54. The molecule has 3 heterocycles. The second-order valence-corrected chi connectivity index (χ2v) is 6.32. The summed E-state index contributed by atoms with van der Waals surface area (Å²) in [6, 6.07) is 0.456. The Hall–Kier alpha value is -1.36. The van der Waals surface area contributed by atoms with E-state index in [9.17, 15) is 4.79 Å². The maximum absolute atomic E-state index is 12.8. The van der Waals surface area contributed by atoms with Crippen LogP contribution in [0.4, 0.5) is 0 Å². The number of likely N-dealkylation sites (N-methyl/N-ethyl adjacent to an activating group) is 1. The maximum Gasteiger partial charge on any atom is 0.292 e. The van der Waals surface area contributed by atoms with Crippen molar-refractivity contribution < 1.29 is 9.21 Å². The van der Waals surface area contributed by atoms with Gasteiger partial charge in [-0.05, 0) is 53.1 Å². The Labute approximate surface area is 119 Å². The number of hydrogen-bond acceptors (Lipinski definition) is 4. The molecule has 1 aromatic rings. The normalized spacial score (nSPS) is 31.1. The van der Waals surface area contributed by atoms with Gasteiger partial charge in [-0.1, -0.05) is 0 Å².